The molecule has 0 atom stereocenters. The predicted molar refractivity (Wildman–Crippen MR) is 99.7 cm³/mol. The van der Waals surface area contributed by atoms with E-state index in [9.17, 15) is 24.3 Å². The number of carboxylic acids is 1. The van der Waals surface area contributed by atoms with Gasteiger partial charge in [-0.3, -0.25) is 24.1 Å². The van der Waals surface area contributed by atoms with E-state index in [1.165, 1.54) is 23.1 Å². The van der Waals surface area contributed by atoms with E-state index in [1.807, 2.05) is 6.92 Å². The van der Waals surface area contributed by atoms with Gasteiger partial charge in [-0.25, -0.2) is 0 Å². The zero-order valence-electron chi connectivity index (χ0n) is 16.0. The molecular weight excluding hydrogens is 348 g/mol. The second-order valence-electron chi connectivity index (χ2n) is 6.85. The smallest absolute Gasteiger partial charge is 0.311 e. The maximum absolute atomic E-state index is 12.5. The van der Waals surface area contributed by atoms with Crippen LogP contribution in [-0.2, 0) is 4.79 Å². The number of nitrogens with zero attached hydrogens (tertiary/aromatic N) is 1. The van der Waals surface area contributed by atoms with Crippen LogP contribution in [-0.4, -0.2) is 46.8 Å². The highest BCUT2D eigenvalue weighted by molar-refractivity contribution is 6.22. The van der Waals surface area contributed by atoms with Crippen LogP contribution in [0.25, 0.3) is 0 Å². The lowest BCUT2D eigenvalue weighted by Gasteiger charge is -2.26. The average molecular weight is 374 g/mol. The number of hydrogen-bond donors (Lipinski definition) is 2. The number of amides is 3. The summed E-state index contributed by atoms with van der Waals surface area (Å²) in [6, 6.07) is 4.39. The Labute approximate surface area is 158 Å². The number of hydrogen-bond acceptors (Lipinski definition) is 4. The number of rotatable bonds is 9. The number of carbonyl (C=O) groups is 4. The summed E-state index contributed by atoms with van der Waals surface area (Å²) in [5.74, 6) is -2.14. The van der Waals surface area contributed by atoms with Crippen molar-refractivity contribution in [1.82, 2.24) is 10.2 Å². The summed E-state index contributed by atoms with van der Waals surface area (Å²) < 4.78 is 0. The van der Waals surface area contributed by atoms with Gasteiger partial charge in [-0.2, -0.15) is 0 Å². The van der Waals surface area contributed by atoms with Crippen molar-refractivity contribution >= 4 is 23.7 Å². The minimum atomic E-state index is -1.02. The standard InChI is InChI=1S/C20H26N2O5/c1-4-7-10-22-17(24)14-9-8-13(11-15(14)18(22)25)16(23)21-12-20(5-2,6-3)19(26)27/h8-9,11H,4-7,10,12H2,1-3H3,(H,21,23)(H,26,27). The van der Waals surface area contributed by atoms with E-state index < -0.39 is 17.3 Å². The van der Waals surface area contributed by atoms with Crippen LogP contribution in [0, 0.1) is 5.41 Å². The molecule has 2 rings (SSSR count). The first-order valence-corrected chi connectivity index (χ1v) is 9.33. The molecule has 0 radical (unpaired) electrons. The molecule has 1 aliphatic rings. The first-order valence-electron chi connectivity index (χ1n) is 9.33. The molecule has 1 aliphatic heterocycles. The van der Waals surface area contributed by atoms with E-state index in [1.54, 1.807) is 13.8 Å². The Balaban J connectivity index is 2.17. The summed E-state index contributed by atoms with van der Waals surface area (Å²) in [7, 11) is 0. The largest absolute Gasteiger partial charge is 0.481 e. The molecule has 0 saturated carbocycles. The van der Waals surface area contributed by atoms with Crippen molar-refractivity contribution in [2.75, 3.05) is 13.1 Å². The number of carboxylic acid groups (broad SMARTS) is 1. The summed E-state index contributed by atoms with van der Waals surface area (Å²) >= 11 is 0. The van der Waals surface area contributed by atoms with Gasteiger partial charge in [0.1, 0.15) is 0 Å². The zero-order valence-corrected chi connectivity index (χ0v) is 16.0. The third-order valence-electron chi connectivity index (χ3n) is 5.36. The van der Waals surface area contributed by atoms with Crippen LogP contribution in [0.4, 0.5) is 0 Å². The van der Waals surface area contributed by atoms with Crippen molar-refractivity contribution in [1.29, 1.82) is 0 Å². The topological polar surface area (TPSA) is 104 Å². The van der Waals surface area contributed by atoms with Crippen LogP contribution >= 0.6 is 0 Å². The predicted octanol–water partition coefficient (Wildman–Crippen LogP) is 2.70. The van der Waals surface area contributed by atoms with Crippen LogP contribution in [0.2, 0.25) is 0 Å². The molecule has 0 aliphatic carbocycles. The minimum Gasteiger partial charge on any atom is -0.481 e. The fourth-order valence-corrected chi connectivity index (χ4v) is 3.18. The monoisotopic (exact) mass is 374 g/mol. The van der Waals surface area contributed by atoms with Crippen molar-refractivity contribution in [3.63, 3.8) is 0 Å². The van der Waals surface area contributed by atoms with Gasteiger partial charge in [0.2, 0.25) is 0 Å². The van der Waals surface area contributed by atoms with Crippen LogP contribution in [0.1, 0.15) is 77.5 Å². The van der Waals surface area contributed by atoms with Crippen LogP contribution in [0.3, 0.4) is 0 Å². The van der Waals surface area contributed by atoms with E-state index in [2.05, 4.69) is 5.32 Å². The first kappa shape index (κ1) is 20.6. The number of benzene rings is 1. The molecule has 0 unspecified atom stereocenters. The van der Waals surface area contributed by atoms with Crippen molar-refractivity contribution < 1.29 is 24.3 Å². The third-order valence-corrected chi connectivity index (χ3v) is 5.36. The highest BCUT2D eigenvalue weighted by Crippen LogP contribution is 2.27. The van der Waals surface area contributed by atoms with E-state index in [0.717, 1.165) is 12.8 Å². The first-order chi connectivity index (χ1) is 12.8. The number of unbranched alkanes of at least 4 members (excludes halogenated alkanes) is 1. The van der Waals surface area contributed by atoms with Gasteiger partial charge in [-0.05, 0) is 37.5 Å². The Morgan fingerprint density at radius 2 is 1.70 bits per heavy atom. The van der Waals surface area contributed by atoms with E-state index >= 15 is 0 Å². The summed E-state index contributed by atoms with van der Waals surface area (Å²) in [6.45, 7) is 5.88. The summed E-state index contributed by atoms with van der Waals surface area (Å²) in [4.78, 5) is 50.1. The summed E-state index contributed by atoms with van der Waals surface area (Å²) in [6.07, 6.45) is 2.37. The van der Waals surface area contributed by atoms with Crippen molar-refractivity contribution in [3.8, 4) is 0 Å². The number of fused-ring (bicyclic) bond motifs is 1. The molecule has 146 valence electrons. The minimum absolute atomic E-state index is 0.000747. The molecule has 0 fully saturated rings. The van der Waals surface area contributed by atoms with Gasteiger partial charge in [0.25, 0.3) is 17.7 Å². The maximum Gasteiger partial charge on any atom is 0.311 e. The van der Waals surface area contributed by atoms with Gasteiger partial charge >= 0.3 is 5.97 Å². The average Bonchev–Trinajstić information content (AvgIpc) is 2.90. The second kappa shape index (κ2) is 8.33. The highest BCUT2D eigenvalue weighted by Gasteiger charge is 2.37. The van der Waals surface area contributed by atoms with Gasteiger partial charge in [-0.1, -0.05) is 27.2 Å². The Hall–Kier alpha value is -2.70. The van der Waals surface area contributed by atoms with E-state index in [0.29, 0.717) is 24.9 Å². The zero-order chi connectivity index (χ0) is 20.2. The Bertz CT molecular complexity index is 768. The highest BCUT2D eigenvalue weighted by atomic mass is 16.4. The Morgan fingerprint density at radius 3 is 2.26 bits per heavy atom. The van der Waals surface area contributed by atoms with Crippen LogP contribution in [0.5, 0.6) is 0 Å². The molecule has 0 saturated heterocycles. The van der Waals surface area contributed by atoms with E-state index in [4.69, 9.17) is 0 Å². The fraction of sp³-hybridized carbons (Fsp3) is 0.500. The Morgan fingerprint density at radius 1 is 1.07 bits per heavy atom. The maximum atomic E-state index is 12.5. The number of carbonyl (C=O) groups excluding carboxylic acids is 3. The molecule has 27 heavy (non-hydrogen) atoms. The van der Waals surface area contributed by atoms with Gasteiger partial charge in [0.05, 0.1) is 16.5 Å². The number of aliphatic carboxylic acids is 1. The molecule has 1 aromatic carbocycles. The van der Waals surface area contributed by atoms with Crippen LogP contribution < -0.4 is 5.32 Å². The van der Waals surface area contributed by atoms with Gasteiger partial charge in [0.15, 0.2) is 0 Å². The molecule has 2 N–H and O–H groups in total. The van der Waals surface area contributed by atoms with E-state index in [-0.39, 0.29) is 29.5 Å². The molecule has 3 amide bonds. The van der Waals surface area contributed by atoms with Crippen molar-refractivity contribution in [3.05, 3.63) is 34.9 Å². The van der Waals surface area contributed by atoms with Crippen molar-refractivity contribution in [2.24, 2.45) is 5.41 Å². The second-order valence-corrected chi connectivity index (χ2v) is 6.85. The Kier molecular flexibility index (Phi) is 6.36. The fourth-order valence-electron chi connectivity index (χ4n) is 3.18. The molecular formula is C20H26N2O5. The normalized spacial score (nSPS) is 13.7. The number of nitrogens with one attached hydrogen (secondary N) is 1. The SMILES string of the molecule is CCCCN1C(=O)c2ccc(C(=O)NCC(CC)(CC)C(=O)O)cc2C1=O. The molecule has 0 spiro atoms. The van der Waals surface area contributed by atoms with Gasteiger partial charge in [0, 0.05) is 18.7 Å². The molecule has 7 nitrogen and oxygen atoms in total. The lowest BCUT2D eigenvalue weighted by molar-refractivity contribution is -0.149. The van der Waals surface area contributed by atoms with Crippen molar-refractivity contribution in [2.45, 2.75) is 46.5 Å². The molecule has 0 aromatic heterocycles. The lowest BCUT2D eigenvalue weighted by Crippen LogP contribution is -2.42. The molecule has 1 heterocycles. The lowest BCUT2D eigenvalue weighted by atomic mass is 9.82. The quantitative estimate of drug-likeness (QED) is 0.647. The molecule has 0 bridgehead atoms. The molecule has 7 heteroatoms. The molecule has 1 aromatic rings. The number of imide groups is 1. The van der Waals surface area contributed by atoms with Gasteiger partial charge < -0.3 is 10.4 Å². The summed E-state index contributed by atoms with van der Waals surface area (Å²) in [5, 5.41) is 12.1. The van der Waals surface area contributed by atoms with Crippen LogP contribution in [0.15, 0.2) is 18.2 Å². The third kappa shape index (κ3) is 3.86. The van der Waals surface area contributed by atoms with Gasteiger partial charge in [-0.15, -0.1) is 0 Å². The summed E-state index contributed by atoms with van der Waals surface area (Å²) in [5.41, 5.74) is -0.262.